The summed E-state index contributed by atoms with van der Waals surface area (Å²) in [5, 5.41) is 13.2. The van der Waals surface area contributed by atoms with E-state index in [1.54, 1.807) is 25.3 Å². The molecule has 1 aromatic carbocycles. The lowest BCUT2D eigenvalue weighted by Crippen LogP contribution is -2.01. The molecule has 1 unspecified atom stereocenters. The second-order valence-corrected chi connectivity index (χ2v) is 5.57. The van der Waals surface area contributed by atoms with Crippen LogP contribution in [0.3, 0.4) is 0 Å². The monoisotopic (exact) mass is 302 g/mol. The van der Waals surface area contributed by atoms with E-state index >= 15 is 0 Å². The van der Waals surface area contributed by atoms with Crippen LogP contribution in [0.15, 0.2) is 29.6 Å². The number of aliphatic hydroxyl groups is 1. The van der Waals surface area contributed by atoms with E-state index in [0.717, 1.165) is 16.2 Å². The molecule has 96 valence electrons. The molecule has 0 radical (unpaired) electrons. The lowest BCUT2D eigenvalue weighted by atomic mass is 10.1. The third-order valence-corrected chi connectivity index (χ3v) is 4.34. The number of rotatable bonds is 4. The lowest BCUT2D eigenvalue weighted by Gasteiger charge is -2.11. The highest BCUT2D eigenvalue weighted by Crippen LogP contribution is 2.33. The van der Waals surface area contributed by atoms with Gasteiger partial charge in [0.15, 0.2) is 0 Å². The van der Waals surface area contributed by atoms with Crippen LogP contribution in [0.2, 0.25) is 10.0 Å². The SMILES string of the molecule is COc1csc(C(O)Cc2c(Cl)cccc2Cl)c1. The van der Waals surface area contributed by atoms with Crippen LogP contribution in [0.1, 0.15) is 16.5 Å². The third kappa shape index (κ3) is 2.98. The van der Waals surface area contributed by atoms with Gasteiger partial charge < -0.3 is 9.84 Å². The molecular formula is C13H12Cl2O2S. The van der Waals surface area contributed by atoms with Crippen LogP contribution in [0.5, 0.6) is 5.75 Å². The van der Waals surface area contributed by atoms with Gasteiger partial charge in [-0.15, -0.1) is 11.3 Å². The molecule has 0 saturated heterocycles. The van der Waals surface area contributed by atoms with Crippen molar-refractivity contribution in [2.45, 2.75) is 12.5 Å². The van der Waals surface area contributed by atoms with Gasteiger partial charge in [-0.25, -0.2) is 0 Å². The van der Waals surface area contributed by atoms with Crippen LogP contribution in [0.4, 0.5) is 0 Å². The van der Waals surface area contributed by atoms with Crippen molar-refractivity contribution in [3.63, 3.8) is 0 Å². The van der Waals surface area contributed by atoms with E-state index in [1.165, 1.54) is 11.3 Å². The zero-order chi connectivity index (χ0) is 13.1. The minimum Gasteiger partial charge on any atom is -0.496 e. The molecule has 0 fully saturated rings. The Hall–Kier alpha value is -0.740. The minimum absolute atomic E-state index is 0.391. The van der Waals surface area contributed by atoms with Crippen molar-refractivity contribution in [1.82, 2.24) is 0 Å². The first kappa shape index (κ1) is 13.7. The summed E-state index contributed by atoms with van der Waals surface area (Å²) in [4.78, 5) is 0.836. The Morgan fingerprint density at radius 1 is 1.33 bits per heavy atom. The van der Waals surface area contributed by atoms with Gasteiger partial charge >= 0.3 is 0 Å². The van der Waals surface area contributed by atoms with Gasteiger partial charge in [-0.05, 0) is 23.8 Å². The number of benzene rings is 1. The quantitative estimate of drug-likeness (QED) is 0.910. The van der Waals surface area contributed by atoms with Crippen LogP contribution in [-0.2, 0) is 6.42 Å². The van der Waals surface area contributed by atoms with E-state index in [2.05, 4.69) is 0 Å². The molecule has 1 N–H and O–H groups in total. The summed E-state index contributed by atoms with van der Waals surface area (Å²) in [6.45, 7) is 0. The number of hydrogen-bond donors (Lipinski definition) is 1. The summed E-state index contributed by atoms with van der Waals surface area (Å²) in [6.07, 6.45) is -0.237. The van der Waals surface area contributed by atoms with Gasteiger partial charge in [-0.3, -0.25) is 0 Å². The Morgan fingerprint density at radius 2 is 2.00 bits per heavy atom. The minimum atomic E-state index is -0.628. The molecule has 2 nitrogen and oxygen atoms in total. The first-order chi connectivity index (χ1) is 8.61. The third-order valence-electron chi connectivity index (χ3n) is 2.62. The number of aliphatic hydroxyl groups excluding tert-OH is 1. The lowest BCUT2D eigenvalue weighted by molar-refractivity contribution is 0.182. The number of halogens is 2. The van der Waals surface area contributed by atoms with Crippen LogP contribution in [0, 0.1) is 0 Å². The predicted molar refractivity (Wildman–Crippen MR) is 76.0 cm³/mol. The molecule has 1 aromatic heterocycles. The first-order valence-electron chi connectivity index (χ1n) is 5.35. The number of methoxy groups -OCH3 is 1. The summed E-state index contributed by atoms with van der Waals surface area (Å²) in [7, 11) is 1.60. The van der Waals surface area contributed by atoms with Crippen molar-refractivity contribution >= 4 is 34.5 Å². The largest absolute Gasteiger partial charge is 0.496 e. The van der Waals surface area contributed by atoms with Gasteiger partial charge in [-0.2, -0.15) is 0 Å². The molecule has 0 amide bonds. The average molecular weight is 303 g/mol. The predicted octanol–water partition coefficient (Wildman–Crippen LogP) is 4.34. The summed E-state index contributed by atoms with van der Waals surface area (Å²) < 4.78 is 5.09. The highest BCUT2D eigenvalue weighted by atomic mass is 35.5. The zero-order valence-corrected chi connectivity index (χ0v) is 12.0. The summed E-state index contributed by atoms with van der Waals surface area (Å²) >= 11 is 13.6. The Balaban J connectivity index is 2.18. The van der Waals surface area contributed by atoms with Gasteiger partial charge in [0.25, 0.3) is 0 Å². The van der Waals surface area contributed by atoms with Crippen molar-refractivity contribution in [1.29, 1.82) is 0 Å². The van der Waals surface area contributed by atoms with E-state index in [0.29, 0.717) is 16.5 Å². The van der Waals surface area contributed by atoms with Gasteiger partial charge in [0.2, 0.25) is 0 Å². The molecule has 0 aliphatic carbocycles. The van der Waals surface area contributed by atoms with Crippen molar-refractivity contribution in [3.05, 3.63) is 50.1 Å². The second kappa shape index (κ2) is 5.93. The Morgan fingerprint density at radius 3 is 2.56 bits per heavy atom. The molecule has 5 heteroatoms. The van der Waals surface area contributed by atoms with E-state index in [4.69, 9.17) is 27.9 Å². The molecule has 0 saturated carbocycles. The number of hydrogen-bond acceptors (Lipinski definition) is 3. The fourth-order valence-electron chi connectivity index (χ4n) is 1.64. The van der Waals surface area contributed by atoms with E-state index < -0.39 is 6.10 Å². The first-order valence-corrected chi connectivity index (χ1v) is 6.98. The second-order valence-electron chi connectivity index (χ2n) is 3.81. The van der Waals surface area contributed by atoms with Gasteiger partial charge in [-0.1, -0.05) is 29.3 Å². The van der Waals surface area contributed by atoms with Crippen LogP contribution in [-0.4, -0.2) is 12.2 Å². The molecule has 1 atom stereocenters. The Labute approximate surface area is 120 Å². The van der Waals surface area contributed by atoms with Crippen LogP contribution < -0.4 is 4.74 Å². The molecule has 18 heavy (non-hydrogen) atoms. The van der Waals surface area contributed by atoms with E-state index in [9.17, 15) is 5.11 Å². The van der Waals surface area contributed by atoms with Crippen LogP contribution in [0.25, 0.3) is 0 Å². The van der Waals surface area contributed by atoms with Gasteiger partial charge in [0.1, 0.15) is 5.75 Å². The number of thiophene rings is 1. The zero-order valence-electron chi connectivity index (χ0n) is 9.69. The smallest absolute Gasteiger partial charge is 0.129 e. The van der Waals surface area contributed by atoms with E-state index in [1.807, 2.05) is 11.4 Å². The average Bonchev–Trinajstić information content (AvgIpc) is 2.82. The molecule has 0 aliphatic rings. The van der Waals surface area contributed by atoms with Crippen LogP contribution >= 0.6 is 34.5 Å². The standard InChI is InChI=1S/C13H12Cl2O2S/c1-17-8-5-13(18-7-8)12(16)6-9-10(14)3-2-4-11(9)15/h2-5,7,12,16H,6H2,1H3. The summed E-state index contributed by atoms with van der Waals surface area (Å²) in [5.41, 5.74) is 0.765. The molecular weight excluding hydrogens is 291 g/mol. The van der Waals surface area contributed by atoms with Crippen molar-refractivity contribution in [2.75, 3.05) is 7.11 Å². The maximum Gasteiger partial charge on any atom is 0.129 e. The summed E-state index contributed by atoms with van der Waals surface area (Å²) in [5.74, 6) is 0.749. The maximum atomic E-state index is 10.2. The Bertz CT molecular complexity index is 519. The molecule has 2 aromatic rings. The van der Waals surface area contributed by atoms with Gasteiger partial charge in [0.05, 0.1) is 13.2 Å². The van der Waals surface area contributed by atoms with E-state index in [-0.39, 0.29) is 0 Å². The maximum absolute atomic E-state index is 10.2. The topological polar surface area (TPSA) is 29.5 Å². The highest BCUT2D eigenvalue weighted by molar-refractivity contribution is 7.10. The Kier molecular flexibility index (Phi) is 4.51. The molecule has 0 bridgehead atoms. The van der Waals surface area contributed by atoms with Gasteiger partial charge in [0, 0.05) is 26.7 Å². The molecule has 0 spiro atoms. The fraction of sp³-hybridized carbons (Fsp3) is 0.231. The number of ether oxygens (including phenoxy) is 1. The van der Waals surface area contributed by atoms with Crippen molar-refractivity contribution in [3.8, 4) is 5.75 Å². The summed E-state index contributed by atoms with van der Waals surface area (Å²) in [6, 6.07) is 7.14. The normalized spacial score (nSPS) is 12.4. The van der Waals surface area contributed by atoms with Crippen molar-refractivity contribution in [2.24, 2.45) is 0 Å². The molecule has 2 rings (SSSR count). The highest BCUT2D eigenvalue weighted by Gasteiger charge is 2.15. The molecule has 0 aliphatic heterocycles. The molecule has 1 heterocycles. The van der Waals surface area contributed by atoms with Crippen molar-refractivity contribution < 1.29 is 9.84 Å². The fourth-order valence-corrected chi connectivity index (χ4v) is 3.03.